The van der Waals surface area contributed by atoms with E-state index in [1.807, 2.05) is 84.9 Å². The van der Waals surface area contributed by atoms with Crippen LogP contribution in [0.2, 0.25) is 0 Å². The van der Waals surface area contributed by atoms with Gasteiger partial charge < -0.3 is 25.8 Å². The number of hydrogen-bond donors (Lipinski definition) is 3. The summed E-state index contributed by atoms with van der Waals surface area (Å²) >= 11 is 0. The van der Waals surface area contributed by atoms with Crippen molar-refractivity contribution in [3.8, 4) is 0 Å². The highest BCUT2D eigenvalue weighted by Gasteiger charge is 2.21. The van der Waals surface area contributed by atoms with E-state index in [-0.39, 0.29) is 17.7 Å². The summed E-state index contributed by atoms with van der Waals surface area (Å²) in [4.78, 5) is 10.4. The first kappa shape index (κ1) is 31.4. The van der Waals surface area contributed by atoms with Gasteiger partial charge in [0.15, 0.2) is 0 Å². The van der Waals surface area contributed by atoms with Gasteiger partial charge in [0.1, 0.15) is 12.1 Å². The smallest absolute Gasteiger partial charge is 0.140 e. The average molecular weight is 528 g/mol. The van der Waals surface area contributed by atoms with E-state index in [1.54, 1.807) is 19.1 Å². The van der Waals surface area contributed by atoms with Gasteiger partial charge in [0.2, 0.25) is 0 Å². The molecule has 0 radical (unpaired) electrons. The molecule has 0 unspecified atom stereocenters. The molecule has 4 aromatic rings. The van der Waals surface area contributed by atoms with E-state index in [1.165, 1.54) is 11.1 Å². The number of carboxylic acids is 1. The van der Waals surface area contributed by atoms with E-state index in [4.69, 9.17) is 0 Å². The van der Waals surface area contributed by atoms with Gasteiger partial charge in [-0.3, -0.25) is 0 Å². The molecule has 0 aliphatic rings. The number of aromatic carboxylic acids is 1. The standard InChI is InChI=1S/C14H15NO.C10H12O2.C10H14O/c15-13(11-7-3-1-4-8-11)14(16)12-9-5-2-6-10-12;1-2-3-8-4-6-9(7-5-8)10(11)12;1-3-9-4-6-10(7-5-9)8(2)11/h1-10,13-14,16H,15H2;4-7H,2-3H2,1H3,(H,11,12);4-8,11H,3H2,1-2H3/t13-,14+;;8-/m1.1/s1. The van der Waals surface area contributed by atoms with Crippen LogP contribution in [0, 0.1) is 0 Å². The number of carboxylic acid groups (broad SMARTS) is 1. The summed E-state index contributed by atoms with van der Waals surface area (Å²) in [5.41, 5.74) is 9.71. The molecule has 39 heavy (non-hydrogen) atoms. The highest BCUT2D eigenvalue weighted by atomic mass is 16.4. The largest absolute Gasteiger partial charge is 0.545 e. The van der Waals surface area contributed by atoms with Crippen LogP contribution in [-0.2, 0) is 12.8 Å². The lowest BCUT2D eigenvalue weighted by Crippen LogP contribution is -2.56. The third kappa shape index (κ3) is 10.9. The van der Waals surface area contributed by atoms with Crippen molar-refractivity contribution in [2.75, 3.05) is 0 Å². The summed E-state index contributed by atoms with van der Waals surface area (Å²) in [6.45, 7) is 5.99. The molecule has 206 valence electrons. The van der Waals surface area contributed by atoms with Crippen LogP contribution < -0.4 is 10.8 Å². The molecule has 0 amide bonds. The minimum absolute atomic E-state index is 0.136. The van der Waals surface area contributed by atoms with Gasteiger partial charge in [-0.05, 0) is 47.6 Å². The van der Waals surface area contributed by atoms with E-state index in [0.29, 0.717) is 0 Å². The second kappa shape index (κ2) is 16.9. The van der Waals surface area contributed by atoms with Gasteiger partial charge in [-0.1, -0.05) is 129 Å². The SMILES string of the molecule is CCCc1ccc(C(=O)[O-])cc1.CCc1ccc([C@@H](C)O)cc1.[NH3+][C@H](c1ccccc1)[C@@H](O)c1ccccc1. The summed E-state index contributed by atoms with van der Waals surface area (Å²) in [7, 11) is 0. The molecule has 5 heteroatoms. The Morgan fingerprint density at radius 1 is 0.718 bits per heavy atom. The summed E-state index contributed by atoms with van der Waals surface area (Å²) in [5, 5.41) is 29.7. The molecule has 0 fully saturated rings. The number of benzene rings is 4. The number of aliphatic hydroxyl groups is 2. The number of aryl methyl sites for hydroxylation is 2. The monoisotopic (exact) mass is 527 g/mol. The normalized spacial score (nSPS) is 12.6. The Morgan fingerprint density at radius 2 is 1.21 bits per heavy atom. The second-order valence-corrected chi connectivity index (χ2v) is 9.38. The number of rotatable bonds is 8. The van der Waals surface area contributed by atoms with Gasteiger partial charge in [-0.25, -0.2) is 0 Å². The van der Waals surface area contributed by atoms with Gasteiger partial charge >= 0.3 is 0 Å². The third-order valence-electron chi connectivity index (χ3n) is 6.35. The van der Waals surface area contributed by atoms with Crippen molar-refractivity contribution in [3.05, 3.63) is 143 Å². The highest BCUT2D eigenvalue weighted by Crippen LogP contribution is 2.24. The Hall–Kier alpha value is -3.77. The van der Waals surface area contributed by atoms with Crippen LogP contribution in [0.25, 0.3) is 0 Å². The van der Waals surface area contributed by atoms with Crippen molar-refractivity contribution in [1.82, 2.24) is 0 Å². The van der Waals surface area contributed by atoms with Gasteiger partial charge in [0.05, 0.1) is 12.1 Å². The van der Waals surface area contributed by atoms with Crippen molar-refractivity contribution < 1.29 is 25.8 Å². The Kier molecular flexibility index (Phi) is 13.7. The second-order valence-electron chi connectivity index (χ2n) is 9.38. The molecular formula is C34H41NO4. The third-order valence-corrected chi connectivity index (χ3v) is 6.35. The number of carbonyl (C=O) groups is 1. The minimum Gasteiger partial charge on any atom is -0.545 e. The average Bonchev–Trinajstić information content (AvgIpc) is 2.98. The van der Waals surface area contributed by atoms with Crippen LogP contribution in [0.5, 0.6) is 0 Å². The number of hydrogen-bond acceptors (Lipinski definition) is 4. The van der Waals surface area contributed by atoms with Crippen LogP contribution >= 0.6 is 0 Å². The molecule has 0 saturated heterocycles. The lowest BCUT2D eigenvalue weighted by atomic mass is 9.97. The maximum atomic E-state index is 10.4. The molecule has 0 aromatic heterocycles. The maximum Gasteiger partial charge on any atom is 0.140 e. The lowest BCUT2D eigenvalue weighted by Gasteiger charge is -2.16. The Labute approximate surface area is 232 Å². The first-order chi connectivity index (χ1) is 18.8. The molecule has 0 aliphatic carbocycles. The first-order valence-corrected chi connectivity index (χ1v) is 13.4. The molecule has 0 spiro atoms. The van der Waals surface area contributed by atoms with Gasteiger partial charge in [0.25, 0.3) is 0 Å². The van der Waals surface area contributed by atoms with E-state index >= 15 is 0 Å². The van der Waals surface area contributed by atoms with Crippen LogP contribution in [0.4, 0.5) is 0 Å². The Bertz CT molecular complexity index is 1160. The molecule has 0 bridgehead atoms. The quantitative estimate of drug-likeness (QED) is 0.299. The van der Waals surface area contributed by atoms with Gasteiger partial charge in [0, 0.05) is 5.56 Å². The molecule has 3 atom stereocenters. The zero-order valence-corrected chi connectivity index (χ0v) is 23.2. The van der Waals surface area contributed by atoms with Gasteiger partial charge in [-0.2, -0.15) is 0 Å². The molecule has 0 saturated carbocycles. The summed E-state index contributed by atoms with van der Waals surface area (Å²) in [6.07, 6.45) is 2.22. The fourth-order valence-corrected chi connectivity index (χ4v) is 3.89. The van der Waals surface area contributed by atoms with E-state index in [2.05, 4.69) is 31.7 Å². The topological polar surface area (TPSA) is 108 Å². The van der Waals surface area contributed by atoms with Crippen molar-refractivity contribution >= 4 is 5.97 Å². The molecule has 4 aromatic carbocycles. The zero-order chi connectivity index (χ0) is 28.6. The molecule has 4 rings (SSSR count). The summed E-state index contributed by atoms with van der Waals surface area (Å²) in [6, 6.07) is 34.3. The fraction of sp³-hybridized carbons (Fsp3) is 0.265. The highest BCUT2D eigenvalue weighted by molar-refractivity contribution is 5.85. The Balaban J connectivity index is 0.000000210. The van der Waals surface area contributed by atoms with E-state index < -0.39 is 12.1 Å². The van der Waals surface area contributed by atoms with Crippen molar-refractivity contribution in [3.63, 3.8) is 0 Å². The minimum atomic E-state index is -1.11. The summed E-state index contributed by atoms with van der Waals surface area (Å²) < 4.78 is 0. The van der Waals surface area contributed by atoms with Crippen molar-refractivity contribution in [2.24, 2.45) is 0 Å². The molecule has 5 N–H and O–H groups in total. The number of quaternary nitrogens is 1. The summed E-state index contributed by atoms with van der Waals surface area (Å²) in [5.74, 6) is -1.11. The van der Waals surface area contributed by atoms with Crippen LogP contribution in [0.15, 0.2) is 109 Å². The van der Waals surface area contributed by atoms with Crippen LogP contribution in [0.1, 0.15) is 83.6 Å². The Morgan fingerprint density at radius 3 is 1.64 bits per heavy atom. The van der Waals surface area contributed by atoms with Crippen LogP contribution in [-0.4, -0.2) is 16.2 Å². The molecular weight excluding hydrogens is 486 g/mol. The predicted molar refractivity (Wildman–Crippen MR) is 155 cm³/mol. The molecule has 0 aliphatic heterocycles. The molecule has 0 heterocycles. The van der Waals surface area contributed by atoms with E-state index in [0.717, 1.165) is 36.0 Å². The fourth-order valence-electron chi connectivity index (χ4n) is 3.89. The van der Waals surface area contributed by atoms with Gasteiger partial charge in [-0.15, -0.1) is 0 Å². The zero-order valence-electron chi connectivity index (χ0n) is 23.2. The molecule has 5 nitrogen and oxygen atoms in total. The van der Waals surface area contributed by atoms with Crippen molar-refractivity contribution in [2.45, 2.75) is 58.3 Å². The lowest BCUT2D eigenvalue weighted by molar-refractivity contribution is -0.446. The predicted octanol–water partition coefficient (Wildman–Crippen LogP) is 5.01. The number of aliphatic hydroxyl groups excluding tert-OH is 2. The number of carbonyl (C=O) groups excluding carboxylic acids is 1. The van der Waals surface area contributed by atoms with Crippen molar-refractivity contribution in [1.29, 1.82) is 0 Å². The maximum absolute atomic E-state index is 10.4. The van der Waals surface area contributed by atoms with E-state index in [9.17, 15) is 20.1 Å². The van der Waals surface area contributed by atoms with Crippen LogP contribution in [0.3, 0.4) is 0 Å². The first-order valence-electron chi connectivity index (χ1n) is 13.4.